The number of pyridine rings is 1. The maximum absolute atomic E-state index is 4.53. The third-order valence-electron chi connectivity index (χ3n) is 2.80. The van der Waals surface area contributed by atoms with Crippen LogP contribution >= 0.6 is 11.3 Å². The Labute approximate surface area is 107 Å². The molecule has 1 N–H and O–H groups in total. The molecule has 0 amide bonds. The van der Waals surface area contributed by atoms with Crippen molar-refractivity contribution < 1.29 is 0 Å². The average molecular weight is 246 g/mol. The molecule has 0 saturated heterocycles. The molecule has 0 bridgehead atoms. The Kier molecular flexibility index (Phi) is 4.29. The molecule has 1 unspecified atom stereocenters. The quantitative estimate of drug-likeness (QED) is 0.873. The summed E-state index contributed by atoms with van der Waals surface area (Å²) in [7, 11) is 0. The predicted octanol–water partition coefficient (Wildman–Crippen LogP) is 3.54. The van der Waals surface area contributed by atoms with Crippen molar-refractivity contribution in [3.63, 3.8) is 0 Å². The lowest BCUT2D eigenvalue weighted by atomic mass is 10.0. The first-order chi connectivity index (χ1) is 8.33. The zero-order valence-electron chi connectivity index (χ0n) is 10.3. The highest BCUT2D eigenvalue weighted by Crippen LogP contribution is 2.24. The molecule has 0 spiro atoms. The van der Waals surface area contributed by atoms with Gasteiger partial charge in [0.25, 0.3) is 0 Å². The van der Waals surface area contributed by atoms with E-state index in [-0.39, 0.29) is 6.04 Å². The molecule has 2 aromatic rings. The van der Waals surface area contributed by atoms with Crippen LogP contribution in [0, 0.1) is 6.92 Å². The summed E-state index contributed by atoms with van der Waals surface area (Å²) in [5, 5.41) is 7.89. The van der Waals surface area contributed by atoms with Gasteiger partial charge in [-0.3, -0.25) is 4.98 Å². The van der Waals surface area contributed by atoms with Gasteiger partial charge in [0.05, 0.1) is 11.7 Å². The lowest BCUT2D eigenvalue weighted by Crippen LogP contribution is -2.24. The molecule has 0 fully saturated rings. The van der Waals surface area contributed by atoms with Crippen LogP contribution in [0.5, 0.6) is 0 Å². The van der Waals surface area contributed by atoms with Crippen LogP contribution in [0.1, 0.15) is 36.2 Å². The highest BCUT2D eigenvalue weighted by Gasteiger charge is 2.16. The van der Waals surface area contributed by atoms with Crippen molar-refractivity contribution in [1.82, 2.24) is 10.3 Å². The second kappa shape index (κ2) is 5.94. The summed E-state index contributed by atoms with van der Waals surface area (Å²) in [6, 6.07) is 6.51. The minimum Gasteiger partial charge on any atom is -0.305 e. The first-order valence-electron chi connectivity index (χ1n) is 6.00. The van der Waals surface area contributed by atoms with E-state index in [0.717, 1.165) is 18.7 Å². The van der Waals surface area contributed by atoms with Crippen molar-refractivity contribution >= 4 is 11.3 Å². The molecule has 2 rings (SSSR count). The first kappa shape index (κ1) is 12.3. The average Bonchev–Trinajstić information content (AvgIpc) is 2.85. The van der Waals surface area contributed by atoms with Gasteiger partial charge < -0.3 is 5.32 Å². The molecule has 3 heteroatoms. The van der Waals surface area contributed by atoms with Crippen LogP contribution in [0.25, 0.3) is 0 Å². The number of nitrogens with one attached hydrogen (secondary N) is 1. The van der Waals surface area contributed by atoms with E-state index in [1.165, 1.54) is 11.1 Å². The Bertz CT molecular complexity index is 451. The molecule has 0 aromatic carbocycles. The molecular weight excluding hydrogens is 228 g/mol. The standard InChI is InChI=1S/C14H18N2S/c1-3-7-15-14(12-6-9-17-10-12)13-11(2)5-4-8-16-13/h4-6,8-10,14-15H,3,7H2,1-2H3. The molecule has 17 heavy (non-hydrogen) atoms. The van der Waals surface area contributed by atoms with Gasteiger partial charge in [-0.25, -0.2) is 0 Å². The second-order valence-electron chi connectivity index (χ2n) is 4.15. The maximum atomic E-state index is 4.53. The monoisotopic (exact) mass is 246 g/mol. The first-order valence-corrected chi connectivity index (χ1v) is 6.94. The van der Waals surface area contributed by atoms with Crippen LogP contribution in [0.3, 0.4) is 0 Å². The molecular formula is C14H18N2S. The maximum Gasteiger partial charge on any atom is 0.0762 e. The summed E-state index contributed by atoms with van der Waals surface area (Å²) in [6.07, 6.45) is 3.00. The van der Waals surface area contributed by atoms with Crippen LogP contribution in [0.15, 0.2) is 35.2 Å². The summed E-state index contributed by atoms with van der Waals surface area (Å²) in [5.74, 6) is 0. The van der Waals surface area contributed by atoms with Gasteiger partial charge in [0.15, 0.2) is 0 Å². The van der Waals surface area contributed by atoms with Gasteiger partial charge in [-0.05, 0) is 53.9 Å². The number of aromatic nitrogens is 1. The molecule has 2 nitrogen and oxygen atoms in total. The normalized spacial score (nSPS) is 12.6. The van der Waals surface area contributed by atoms with Crippen molar-refractivity contribution in [2.75, 3.05) is 6.54 Å². The van der Waals surface area contributed by atoms with Crippen molar-refractivity contribution in [2.45, 2.75) is 26.3 Å². The van der Waals surface area contributed by atoms with E-state index in [1.807, 2.05) is 12.3 Å². The van der Waals surface area contributed by atoms with E-state index in [0.29, 0.717) is 0 Å². The number of hydrogen-bond acceptors (Lipinski definition) is 3. The van der Waals surface area contributed by atoms with Gasteiger partial charge in [-0.2, -0.15) is 11.3 Å². The van der Waals surface area contributed by atoms with E-state index in [9.17, 15) is 0 Å². The molecule has 1 atom stereocenters. The summed E-state index contributed by atoms with van der Waals surface area (Å²) < 4.78 is 0. The van der Waals surface area contributed by atoms with Crippen molar-refractivity contribution in [1.29, 1.82) is 0 Å². The topological polar surface area (TPSA) is 24.9 Å². The predicted molar refractivity (Wildman–Crippen MR) is 73.4 cm³/mol. The molecule has 0 saturated carbocycles. The van der Waals surface area contributed by atoms with Crippen LogP contribution in [-0.2, 0) is 0 Å². The minimum absolute atomic E-state index is 0.224. The van der Waals surface area contributed by atoms with Crippen molar-refractivity contribution in [2.24, 2.45) is 0 Å². The van der Waals surface area contributed by atoms with Gasteiger partial charge in [0.1, 0.15) is 0 Å². The Morgan fingerprint density at radius 3 is 2.94 bits per heavy atom. The summed E-state index contributed by atoms with van der Waals surface area (Å²) in [4.78, 5) is 4.53. The van der Waals surface area contributed by atoms with Gasteiger partial charge in [-0.15, -0.1) is 0 Å². The third-order valence-corrected chi connectivity index (χ3v) is 3.50. The number of aryl methyl sites for hydroxylation is 1. The van der Waals surface area contributed by atoms with Crippen LogP contribution in [0.2, 0.25) is 0 Å². The largest absolute Gasteiger partial charge is 0.305 e. The van der Waals surface area contributed by atoms with Gasteiger partial charge >= 0.3 is 0 Å². The van der Waals surface area contributed by atoms with E-state index in [1.54, 1.807) is 11.3 Å². The van der Waals surface area contributed by atoms with Crippen LogP contribution in [0.4, 0.5) is 0 Å². The molecule has 0 aliphatic carbocycles. The Morgan fingerprint density at radius 1 is 1.41 bits per heavy atom. The van der Waals surface area contributed by atoms with Gasteiger partial charge in [0.2, 0.25) is 0 Å². The summed E-state index contributed by atoms with van der Waals surface area (Å²) in [5.41, 5.74) is 3.69. The smallest absolute Gasteiger partial charge is 0.0762 e. The Morgan fingerprint density at radius 2 is 2.29 bits per heavy atom. The third kappa shape index (κ3) is 2.93. The lowest BCUT2D eigenvalue weighted by Gasteiger charge is -2.18. The zero-order chi connectivity index (χ0) is 12.1. The van der Waals surface area contributed by atoms with Crippen molar-refractivity contribution in [3.8, 4) is 0 Å². The Balaban J connectivity index is 2.30. The summed E-state index contributed by atoms with van der Waals surface area (Å²) >= 11 is 1.73. The van der Waals surface area contributed by atoms with E-state index in [4.69, 9.17) is 0 Å². The fourth-order valence-corrected chi connectivity index (χ4v) is 2.59. The summed E-state index contributed by atoms with van der Waals surface area (Å²) in [6.45, 7) is 5.31. The molecule has 90 valence electrons. The molecule has 2 aromatic heterocycles. The number of rotatable bonds is 5. The van der Waals surface area contributed by atoms with Gasteiger partial charge in [0, 0.05) is 6.20 Å². The number of thiophene rings is 1. The molecule has 0 aliphatic rings. The second-order valence-corrected chi connectivity index (χ2v) is 4.93. The SMILES string of the molecule is CCCNC(c1ccsc1)c1ncccc1C. The number of hydrogen-bond donors (Lipinski definition) is 1. The van der Waals surface area contributed by atoms with E-state index < -0.39 is 0 Å². The van der Waals surface area contributed by atoms with Gasteiger partial charge in [-0.1, -0.05) is 13.0 Å². The number of nitrogens with zero attached hydrogens (tertiary/aromatic N) is 1. The van der Waals surface area contributed by atoms with E-state index in [2.05, 4.69) is 47.0 Å². The zero-order valence-corrected chi connectivity index (χ0v) is 11.1. The van der Waals surface area contributed by atoms with Crippen molar-refractivity contribution in [3.05, 3.63) is 52.0 Å². The Hall–Kier alpha value is -1.19. The molecule has 2 heterocycles. The minimum atomic E-state index is 0.224. The van der Waals surface area contributed by atoms with Crippen LogP contribution < -0.4 is 5.32 Å². The fraction of sp³-hybridized carbons (Fsp3) is 0.357. The molecule has 0 aliphatic heterocycles. The fourth-order valence-electron chi connectivity index (χ4n) is 1.90. The highest BCUT2D eigenvalue weighted by atomic mass is 32.1. The lowest BCUT2D eigenvalue weighted by molar-refractivity contribution is 0.585. The van der Waals surface area contributed by atoms with E-state index >= 15 is 0 Å². The molecule has 0 radical (unpaired) electrons. The van der Waals surface area contributed by atoms with Crippen LogP contribution in [-0.4, -0.2) is 11.5 Å². The highest BCUT2D eigenvalue weighted by molar-refractivity contribution is 7.08.